The predicted molar refractivity (Wildman–Crippen MR) is 265 cm³/mol. The predicted octanol–water partition coefficient (Wildman–Crippen LogP) is 16.2. The summed E-state index contributed by atoms with van der Waals surface area (Å²) < 4.78 is 0. The van der Waals surface area contributed by atoms with Gasteiger partial charge >= 0.3 is 0 Å². The Kier molecular flexibility index (Phi) is 8.55. The average molecular weight is 803 g/mol. The van der Waals surface area contributed by atoms with E-state index in [2.05, 4.69) is 226 Å². The first-order valence-electron chi connectivity index (χ1n) is 21.8. The molecule has 0 unspecified atom stereocenters. The highest BCUT2D eigenvalue weighted by atomic mass is 14.9. The maximum atomic E-state index is 5.29. The van der Waals surface area contributed by atoms with Gasteiger partial charge < -0.3 is 0 Å². The van der Waals surface area contributed by atoms with Gasteiger partial charge in [0.2, 0.25) is 0 Å². The van der Waals surface area contributed by atoms with Crippen LogP contribution in [0.1, 0.15) is 25.0 Å². The quantitative estimate of drug-likeness (QED) is 0.124. The standard InChI is InChI=1S/C61H42N2/c1-61(2)55-26-13-12-22-49(55)53-25-14-24-52(59(53)61)48-21-10-11-23-50(48)57-38-56(62-60(63-57)44-16-4-3-5-17-44)42-31-27-39(28-32-42)40-29-33-43(34-30-40)58-47-20-9-7-18-45(47)37-54-46-19-8-6-15-41(46)35-36-51(54)58/h3-38H,1-2H3. The molecule has 11 aromatic rings. The molecule has 1 heterocycles. The molecular weight excluding hydrogens is 761 g/mol. The van der Waals surface area contributed by atoms with E-state index in [-0.39, 0.29) is 5.41 Å². The second-order valence-corrected chi connectivity index (χ2v) is 17.3. The lowest BCUT2D eigenvalue weighted by Crippen LogP contribution is -2.16. The third-order valence-electron chi connectivity index (χ3n) is 13.3. The zero-order chi connectivity index (χ0) is 42.1. The van der Waals surface area contributed by atoms with E-state index in [9.17, 15) is 0 Å². The molecular formula is C61H42N2. The molecule has 296 valence electrons. The highest BCUT2D eigenvalue weighted by Crippen LogP contribution is 2.53. The number of aromatic nitrogens is 2. The summed E-state index contributed by atoms with van der Waals surface area (Å²) in [6, 6.07) is 79.1. The summed E-state index contributed by atoms with van der Waals surface area (Å²) in [5.41, 5.74) is 17.3. The Bertz CT molecular complexity index is 3560. The SMILES string of the molecule is CC1(C)c2ccccc2-c2cccc(-c3ccccc3-c3cc(-c4ccc(-c5ccc(-c6c7ccccc7cc7c6ccc6ccccc67)cc5)cc4)nc(-c4ccccc4)n3)c21. The fraction of sp³-hybridized carbons (Fsp3) is 0.0492. The summed E-state index contributed by atoms with van der Waals surface area (Å²) in [5.74, 6) is 0.706. The van der Waals surface area contributed by atoms with Crippen molar-refractivity contribution in [2.45, 2.75) is 19.3 Å². The molecule has 0 spiro atoms. The van der Waals surface area contributed by atoms with E-state index in [0.29, 0.717) is 5.82 Å². The van der Waals surface area contributed by atoms with Gasteiger partial charge in [-0.2, -0.15) is 0 Å². The summed E-state index contributed by atoms with van der Waals surface area (Å²) >= 11 is 0. The first-order valence-corrected chi connectivity index (χ1v) is 21.8. The van der Waals surface area contributed by atoms with E-state index < -0.39 is 0 Å². The minimum atomic E-state index is -0.149. The molecule has 0 saturated heterocycles. The molecule has 0 atom stereocenters. The molecule has 0 amide bonds. The minimum Gasteiger partial charge on any atom is -0.228 e. The molecule has 12 rings (SSSR count). The lowest BCUT2D eigenvalue weighted by molar-refractivity contribution is 0.662. The van der Waals surface area contributed by atoms with Crippen LogP contribution < -0.4 is 0 Å². The Morgan fingerprint density at radius 3 is 1.63 bits per heavy atom. The van der Waals surface area contributed by atoms with Gasteiger partial charge in [0.1, 0.15) is 0 Å². The van der Waals surface area contributed by atoms with Crippen LogP contribution in [-0.2, 0) is 5.41 Å². The first-order chi connectivity index (χ1) is 31.0. The number of benzene rings is 10. The van der Waals surface area contributed by atoms with Crippen LogP contribution in [0, 0.1) is 0 Å². The highest BCUT2D eigenvalue weighted by molar-refractivity contribution is 6.20. The molecule has 1 aromatic heterocycles. The van der Waals surface area contributed by atoms with Crippen molar-refractivity contribution in [3.63, 3.8) is 0 Å². The molecule has 1 aliphatic rings. The van der Waals surface area contributed by atoms with Gasteiger partial charge in [-0.05, 0) is 100 Å². The highest BCUT2D eigenvalue weighted by Gasteiger charge is 2.37. The van der Waals surface area contributed by atoms with Gasteiger partial charge in [0.05, 0.1) is 11.4 Å². The Morgan fingerprint density at radius 2 is 0.873 bits per heavy atom. The van der Waals surface area contributed by atoms with E-state index in [1.54, 1.807) is 0 Å². The Hall–Kier alpha value is -7.94. The third-order valence-corrected chi connectivity index (χ3v) is 13.3. The van der Waals surface area contributed by atoms with Crippen LogP contribution in [0.2, 0.25) is 0 Å². The fourth-order valence-corrected chi connectivity index (χ4v) is 10.3. The molecule has 0 radical (unpaired) electrons. The maximum absolute atomic E-state index is 5.29. The molecule has 63 heavy (non-hydrogen) atoms. The minimum absolute atomic E-state index is 0.149. The third kappa shape index (κ3) is 6.09. The molecule has 2 heteroatoms. The molecule has 0 N–H and O–H groups in total. The summed E-state index contributed by atoms with van der Waals surface area (Å²) in [4.78, 5) is 10.5. The maximum Gasteiger partial charge on any atom is 0.160 e. The van der Waals surface area contributed by atoms with Crippen molar-refractivity contribution in [3.05, 3.63) is 230 Å². The van der Waals surface area contributed by atoms with Crippen molar-refractivity contribution in [2.75, 3.05) is 0 Å². The van der Waals surface area contributed by atoms with Crippen molar-refractivity contribution in [1.29, 1.82) is 0 Å². The molecule has 0 aliphatic heterocycles. The molecule has 0 bridgehead atoms. The van der Waals surface area contributed by atoms with Gasteiger partial charge in [-0.25, -0.2) is 9.97 Å². The van der Waals surface area contributed by atoms with Crippen molar-refractivity contribution < 1.29 is 0 Å². The molecule has 0 fully saturated rings. The monoisotopic (exact) mass is 802 g/mol. The van der Waals surface area contributed by atoms with E-state index in [4.69, 9.17) is 9.97 Å². The van der Waals surface area contributed by atoms with Crippen molar-refractivity contribution >= 4 is 32.3 Å². The van der Waals surface area contributed by atoms with Gasteiger partial charge in [0.25, 0.3) is 0 Å². The summed E-state index contributed by atoms with van der Waals surface area (Å²) in [5, 5.41) is 7.61. The van der Waals surface area contributed by atoms with Crippen molar-refractivity contribution in [1.82, 2.24) is 9.97 Å². The zero-order valence-corrected chi connectivity index (χ0v) is 35.2. The number of hydrogen-bond acceptors (Lipinski definition) is 2. The summed E-state index contributed by atoms with van der Waals surface area (Å²) in [7, 11) is 0. The molecule has 10 aromatic carbocycles. The van der Waals surface area contributed by atoms with Gasteiger partial charge in [-0.1, -0.05) is 220 Å². The fourth-order valence-electron chi connectivity index (χ4n) is 10.3. The summed E-state index contributed by atoms with van der Waals surface area (Å²) in [6.07, 6.45) is 0. The van der Waals surface area contributed by atoms with Crippen LogP contribution in [0.4, 0.5) is 0 Å². The molecule has 0 saturated carbocycles. The van der Waals surface area contributed by atoms with Crippen LogP contribution in [0.3, 0.4) is 0 Å². The normalized spacial score (nSPS) is 12.7. The smallest absolute Gasteiger partial charge is 0.160 e. The van der Waals surface area contributed by atoms with Gasteiger partial charge in [0, 0.05) is 22.1 Å². The summed E-state index contributed by atoms with van der Waals surface area (Å²) in [6.45, 7) is 4.71. The lowest BCUT2D eigenvalue weighted by Gasteiger charge is -2.25. The molecule has 1 aliphatic carbocycles. The second-order valence-electron chi connectivity index (χ2n) is 17.3. The number of rotatable bonds is 6. The lowest BCUT2D eigenvalue weighted by atomic mass is 9.78. The van der Waals surface area contributed by atoms with Gasteiger partial charge in [-0.3, -0.25) is 0 Å². The van der Waals surface area contributed by atoms with Crippen LogP contribution >= 0.6 is 0 Å². The largest absolute Gasteiger partial charge is 0.228 e. The Balaban J connectivity index is 0.931. The zero-order valence-electron chi connectivity index (χ0n) is 35.2. The van der Waals surface area contributed by atoms with Crippen LogP contribution in [0.15, 0.2) is 218 Å². The first kappa shape index (κ1) is 36.9. The van der Waals surface area contributed by atoms with E-state index in [1.165, 1.54) is 82.4 Å². The van der Waals surface area contributed by atoms with E-state index in [1.807, 2.05) is 6.07 Å². The van der Waals surface area contributed by atoms with Crippen LogP contribution in [0.5, 0.6) is 0 Å². The van der Waals surface area contributed by atoms with Crippen molar-refractivity contribution in [3.8, 4) is 78.4 Å². The van der Waals surface area contributed by atoms with Gasteiger partial charge in [0.15, 0.2) is 5.82 Å². The molecule has 2 nitrogen and oxygen atoms in total. The van der Waals surface area contributed by atoms with Crippen LogP contribution in [-0.4, -0.2) is 9.97 Å². The second kappa shape index (κ2) is 14.6. The van der Waals surface area contributed by atoms with E-state index in [0.717, 1.165) is 33.6 Å². The van der Waals surface area contributed by atoms with Gasteiger partial charge in [-0.15, -0.1) is 0 Å². The van der Waals surface area contributed by atoms with Crippen molar-refractivity contribution in [2.24, 2.45) is 0 Å². The number of fused-ring (bicyclic) bond motifs is 7. The number of hydrogen-bond donors (Lipinski definition) is 0. The Morgan fingerprint density at radius 1 is 0.317 bits per heavy atom. The van der Waals surface area contributed by atoms with Crippen LogP contribution in [0.25, 0.3) is 111 Å². The number of nitrogens with zero attached hydrogens (tertiary/aromatic N) is 2. The topological polar surface area (TPSA) is 25.8 Å². The van der Waals surface area contributed by atoms with E-state index >= 15 is 0 Å². The Labute approximate surface area is 367 Å². The average Bonchev–Trinajstić information content (AvgIpc) is 3.59.